The summed E-state index contributed by atoms with van der Waals surface area (Å²) in [6, 6.07) is 14.5. The maximum atomic E-state index is 12.2. The molecule has 1 aliphatic rings. The monoisotopic (exact) mass is 464 g/mol. The lowest BCUT2D eigenvalue weighted by atomic mass is 10.1. The standard InChI is InChI=1S/C20H18BrClN2O4/c21-16-7-6-15(9-17(16)22)23-18(25)12-28-20(27)14-8-19(26)24(11-14)10-13-4-2-1-3-5-13/h1-7,9,14H,8,10-12H2,(H,23,25)/t14-/m1/s1. The smallest absolute Gasteiger partial charge is 0.311 e. The topological polar surface area (TPSA) is 75.7 Å². The number of likely N-dealkylation sites (tertiary alicyclic amines) is 1. The molecule has 2 aromatic carbocycles. The van der Waals surface area contributed by atoms with Crippen molar-refractivity contribution in [2.75, 3.05) is 18.5 Å². The third kappa shape index (κ3) is 5.33. The molecule has 3 rings (SSSR count). The average molecular weight is 466 g/mol. The summed E-state index contributed by atoms with van der Waals surface area (Å²) in [5.41, 5.74) is 1.50. The second-order valence-corrected chi connectivity index (χ2v) is 7.71. The van der Waals surface area contributed by atoms with Crippen molar-refractivity contribution in [3.63, 3.8) is 0 Å². The molecule has 6 nitrogen and oxygen atoms in total. The zero-order valence-corrected chi connectivity index (χ0v) is 17.2. The van der Waals surface area contributed by atoms with E-state index in [1.165, 1.54) is 0 Å². The van der Waals surface area contributed by atoms with Crippen LogP contribution in [0.1, 0.15) is 12.0 Å². The predicted molar refractivity (Wildman–Crippen MR) is 109 cm³/mol. The summed E-state index contributed by atoms with van der Waals surface area (Å²) >= 11 is 9.24. The predicted octanol–water partition coefficient (Wildman–Crippen LogP) is 3.63. The zero-order valence-electron chi connectivity index (χ0n) is 14.9. The van der Waals surface area contributed by atoms with Gasteiger partial charge in [0.15, 0.2) is 6.61 Å². The molecule has 0 radical (unpaired) electrons. The number of benzene rings is 2. The number of hydrogen-bond acceptors (Lipinski definition) is 4. The van der Waals surface area contributed by atoms with Crippen molar-refractivity contribution >= 4 is 51.0 Å². The van der Waals surface area contributed by atoms with Crippen molar-refractivity contribution in [2.45, 2.75) is 13.0 Å². The molecule has 0 aromatic heterocycles. The number of amides is 2. The Morgan fingerprint density at radius 3 is 2.68 bits per heavy atom. The molecule has 1 saturated heterocycles. The molecule has 146 valence electrons. The highest BCUT2D eigenvalue weighted by molar-refractivity contribution is 9.10. The first-order chi connectivity index (χ1) is 13.4. The van der Waals surface area contributed by atoms with Gasteiger partial charge in [0.2, 0.25) is 5.91 Å². The summed E-state index contributed by atoms with van der Waals surface area (Å²) in [6.45, 7) is 0.320. The first kappa shape index (κ1) is 20.4. The molecule has 1 N–H and O–H groups in total. The molecule has 0 bridgehead atoms. The van der Waals surface area contributed by atoms with Gasteiger partial charge in [-0.2, -0.15) is 0 Å². The minimum atomic E-state index is -0.564. The molecular formula is C20H18BrClN2O4. The minimum Gasteiger partial charge on any atom is -0.455 e. The van der Waals surface area contributed by atoms with E-state index in [1.54, 1.807) is 23.1 Å². The summed E-state index contributed by atoms with van der Waals surface area (Å²) in [4.78, 5) is 38.0. The van der Waals surface area contributed by atoms with Gasteiger partial charge in [-0.1, -0.05) is 41.9 Å². The molecule has 0 unspecified atom stereocenters. The molecule has 2 aromatic rings. The molecular weight excluding hydrogens is 448 g/mol. The normalized spacial score (nSPS) is 16.1. The van der Waals surface area contributed by atoms with Crippen molar-refractivity contribution < 1.29 is 19.1 Å². The number of halogens is 2. The molecule has 8 heteroatoms. The fourth-order valence-electron chi connectivity index (χ4n) is 2.91. The van der Waals surface area contributed by atoms with Crippen molar-refractivity contribution in [1.82, 2.24) is 4.90 Å². The Bertz CT molecular complexity index is 891. The Morgan fingerprint density at radius 1 is 1.21 bits per heavy atom. The van der Waals surface area contributed by atoms with E-state index in [9.17, 15) is 14.4 Å². The fraction of sp³-hybridized carbons (Fsp3) is 0.250. The van der Waals surface area contributed by atoms with Crippen LogP contribution in [0.3, 0.4) is 0 Å². The quantitative estimate of drug-likeness (QED) is 0.661. The van der Waals surface area contributed by atoms with Crippen molar-refractivity contribution in [1.29, 1.82) is 0 Å². The van der Waals surface area contributed by atoms with Crippen LogP contribution >= 0.6 is 27.5 Å². The van der Waals surface area contributed by atoms with E-state index in [-0.39, 0.29) is 18.9 Å². The van der Waals surface area contributed by atoms with Crippen LogP contribution < -0.4 is 5.32 Å². The summed E-state index contributed by atoms with van der Waals surface area (Å²) in [6.07, 6.45) is 0.0929. The van der Waals surface area contributed by atoms with E-state index in [1.807, 2.05) is 30.3 Å². The lowest BCUT2D eigenvalue weighted by Crippen LogP contribution is -2.28. The number of ether oxygens (including phenoxy) is 1. The van der Waals surface area contributed by atoms with Crippen molar-refractivity contribution in [3.8, 4) is 0 Å². The van der Waals surface area contributed by atoms with Gasteiger partial charge in [-0.15, -0.1) is 0 Å². The lowest BCUT2D eigenvalue weighted by molar-refractivity contribution is -0.151. The van der Waals surface area contributed by atoms with Gasteiger partial charge in [-0.3, -0.25) is 14.4 Å². The third-order valence-electron chi connectivity index (χ3n) is 4.31. The van der Waals surface area contributed by atoms with E-state index in [0.29, 0.717) is 21.7 Å². The van der Waals surface area contributed by atoms with Gasteiger partial charge in [0.25, 0.3) is 5.91 Å². The molecule has 2 amide bonds. The number of rotatable bonds is 6. The molecule has 1 heterocycles. The summed E-state index contributed by atoms with van der Waals surface area (Å²) in [5.74, 6) is -1.68. The van der Waals surface area contributed by atoms with Gasteiger partial charge in [-0.25, -0.2) is 0 Å². The van der Waals surface area contributed by atoms with E-state index in [4.69, 9.17) is 16.3 Å². The number of carbonyl (C=O) groups excluding carboxylic acids is 3. The van der Waals surface area contributed by atoms with Crippen LogP contribution in [0.15, 0.2) is 53.0 Å². The summed E-state index contributed by atoms with van der Waals surface area (Å²) in [5, 5.41) is 3.06. The first-order valence-electron chi connectivity index (χ1n) is 8.65. The van der Waals surface area contributed by atoms with Crippen LogP contribution in [-0.2, 0) is 25.7 Å². The molecule has 1 aliphatic heterocycles. The summed E-state index contributed by atoms with van der Waals surface area (Å²) in [7, 11) is 0. The molecule has 0 aliphatic carbocycles. The van der Waals surface area contributed by atoms with Crippen LogP contribution in [0.5, 0.6) is 0 Å². The Balaban J connectivity index is 1.47. The number of anilines is 1. The van der Waals surface area contributed by atoms with E-state index >= 15 is 0 Å². The number of carbonyl (C=O) groups is 3. The minimum absolute atomic E-state index is 0.0929. The Labute approximate surface area is 175 Å². The number of hydrogen-bond donors (Lipinski definition) is 1. The second kappa shape index (κ2) is 9.21. The maximum absolute atomic E-state index is 12.2. The highest BCUT2D eigenvalue weighted by Gasteiger charge is 2.35. The molecule has 0 spiro atoms. The largest absolute Gasteiger partial charge is 0.455 e. The fourth-order valence-corrected chi connectivity index (χ4v) is 3.34. The van der Waals surface area contributed by atoms with E-state index in [0.717, 1.165) is 5.56 Å². The molecule has 1 fully saturated rings. The zero-order chi connectivity index (χ0) is 20.1. The lowest BCUT2D eigenvalue weighted by Gasteiger charge is -2.16. The van der Waals surface area contributed by atoms with Gasteiger partial charge in [-0.05, 0) is 39.7 Å². The SMILES string of the molecule is O=C(COC(=O)[C@@H]1CC(=O)N(Cc2ccccc2)C1)Nc1ccc(Br)c(Cl)c1. The van der Waals surface area contributed by atoms with Crippen molar-refractivity contribution in [2.24, 2.45) is 5.92 Å². The first-order valence-corrected chi connectivity index (χ1v) is 9.82. The highest BCUT2D eigenvalue weighted by Crippen LogP contribution is 2.25. The van der Waals surface area contributed by atoms with Gasteiger partial charge in [0.1, 0.15) is 0 Å². The number of nitrogens with zero attached hydrogens (tertiary/aromatic N) is 1. The third-order valence-corrected chi connectivity index (χ3v) is 5.55. The van der Waals surface area contributed by atoms with E-state index in [2.05, 4.69) is 21.2 Å². The van der Waals surface area contributed by atoms with Crippen LogP contribution in [0, 0.1) is 5.92 Å². The van der Waals surface area contributed by atoms with Crippen LogP contribution in [0.25, 0.3) is 0 Å². The number of esters is 1. The number of nitrogens with one attached hydrogen (secondary N) is 1. The van der Waals surface area contributed by atoms with E-state index < -0.39 is 24.4 Å². The Morgan fingerprint density at radius 2 is 1.96 bits per heavy atom. The van der Waals surface area contributed by atoms with Gasteiger partial charge in [0, 0.05) is 29.7 Å². The second-order valence-electron chi connectivity index (χ2n) is 6.45. The molecule has 28 heavy (non-hydrogen) atoms. The van der Waals surface area contributed by atoms with Gasteiger partial charge < -0.3 is 15.0 Å². The molecule has 1 atom stereocenters. The average Bonchev–Trinajstić information content (AvgIpc) is 3.04. The van der Waals surface area contributed by atoms with Gasteiger partial charge >= 0.3 is 5.97 Å². The Hall–Kier alpha value is -2.38. The van der Waals surface area contributed by atoms with Gasteiger partial charge in [0.05, 0.1) is 10.9 Å². The van der Waals surface area contributed by atoms with Crippen LogP contribution in [0.4, 0.5) is 5.69 Å². The van der Waals surface area contributed by atoms with Crippen molar-refractivity contribution in [3.05, 3.63) is 63.6 Å². The maximum Gasteiger partial charge on any atom is 0.311 e. The highest BCUT2D eigenvalue weighted by atomic mass is 79.9. The molecule has 0 saturated carbocycles. The van der Waals surface area contributed by atoms with Crippen LogP contribution in [-0.4, -0.2) is 35.8 Å². The summed E-state index contributed by atoms with van der Waals surface area (Å²) < 4.78 is 5.80. The Kier molecular flexibility index (Phi) is 6.70. The van der Waals surface area contributed by atoms with Crippen LogP contribution in [0.2, 0.25) is 5.02 Å².